The van der Waals surface area contributed by atoms with E-state index in [4.69, 9.17) is 11.6 Å². The SMILES string of the molecule is C[C@H]1CN(c2nnc(-c3ccccc3)c3cccnc23)CCN1.C[C@H]1CN(c2nnc(-c3ccccc3)c3cccnc23)CCN1C(=O)c1ccccc1.O=C(Cl)c1ccccc1. The van der Waals surface area contributed by atoms with Crippen LogP contribution in [-0.4, -0.2) is 97.8 Å². The number of benzene rings is 4. The predicted octanol–water partition coefficient (Wildman–Crippen LogP) is 8.60. The number of halogens is 1. The second kappa shape index (κ2) is 20.1. The van der Waals surface area contributed by atoms with E-state index in [0.29, 0.717) is 31.2 Å². The van der Waals surface area contributed by atoms with Gasteiger partial charge in [-0.3, -0.25) is 19.6 Å². The van der Waals surface area contributed by atoms with Crippen LogP contribution in [0.25, 0.3) is 44.3 Å². The van der Waals surface area contributed by atoms with Crippen LogP contribution in [0.4, 0.5) is 11.6 Å². The van der Waals surface area contributed by atoms with Gasteiger partial charge in [-0.05, 0) is 61.8 Å². The van der Waals surface area contributed by atoms with Crippen molar-refractivity contribution in [2.45, 2.75) is 25.9 Å². The summed E-state index contributed by atoms with van der Waals surface area (Å²) in [7, 11) is 0. The Balaban J connectivity index is 0.000000149. The summed E-state index contributed by atoms with van der Waals surface area (Å²) in [6, 6.07) is 46.9. The number of fused-ring (bicyclic) bond motifs is 2. The number of hydrogen-bond acceptors (Lipinski definition) is 11. The molecule has 0 aliphatic carbocycles. The standard InChI is InChI=1S/C25H23N5O.C18H19N5.C7H5ClO/c1-18-17-29(15-16-30(18)25(31)20-11-6-3-7-12-20)24-23-21(13-8-14-26-23)22(27-28-24)19-9-4-2-5-10-19;1-13-12-23(11-10-19-13)18-17-15(8-5-9-20-17)16(21-22-18)14-6-3-2-4-7-14;8-7(9)6-4-2-1-3-5-6/h2-14,18H,15-17H2,1H3;2-9,13,19H,10-12H2,1H3;1-5H/t18-;13-;/m00./s1. The number of nitrogens with zero attached hydrogens (tertiary/aromatic N) is 9. The van der Waals surface area contributed by atoms with Gasteiger partial charge in [0.1, 0.15) is 22.4 Å². The molecule has 63 heavy (non-hydrogen) atoms. The third-order valence-electron chi connectivity index (χ3n) is 11.0. The van der Waals surface area contributed by atoms with Crippen LogP contribution in [0.2, 0.25) is 0 Å². The molecule has 1 amide bonds. The zero-order valence-electron chi connectivity index (χ0n) is 35.1. The first kappa shape index (κ1) is 42.5. The van der Waals surface area contributed by atoms with Gasteiger partial charge < -0.3 is 20.0 Å². The van der Waals surface area contributed by atoms with Crippen LogP contribution in [0.5, 0.6) is 0 Å². The zero-order chi connectivity index (χ0) is 43.5. The Bertz CT molecular complexity index is 2780. The summed E-state index contributed by atoms with van der Waals surface area (Å²) in [5.41, 5.74) is 6.84. The molecule has 10 rings (SSSR count). The van der Waals surface area contributed by atoms with Gasteiger partial charge in [-0.15, -0.1) is 20.4 Å². The normalized spacial score (nSPS) is 16.1. The minimum Gasteiger partial charge on any atom is -0.350 e. The molecule has 0 unspecified atom stereocenters. The topological polar surface area (TPSA) is 133 Å². The van der Waals surface area contributed by atoms with Crippen molar-refractivity contribution in [1.82, 2.24) is 40.6 Å². The van der Waals surface area contributed by atoms with Crippen LogP contribution in [0.15, 0.2) is 158 Å². The van der Waals surface area contributed by atoms with E-state index in [1.54, 1.807) is 30.5 Å². The molecule has 4 aromatic carbocycles. The highest BCUT2D eigenvalue weighted by atomic mass is 35.5. The number of carbonyl (C=O) groups is 2. The number of piperazine rings is 2. The van der Waals surface area contributed by atoms with Gasteiger partial charge in [0.05, 0.1) is 0 Å². The largest absolute Gasteiger partial charge is 0.350 e. The molecule has 316 valence electrons. The van der Waals surface area contributed by atoms with Gasteiger partial charge in [0.15, 0.2) is 11.6 Å². The molecule has 2 fully saturated rings. The number of pyridine rings is 2. The molecular weight excluding hydrogens is 808 g/mol. The molecule has 4 aromatic heterocycles. The van der Waals surface area contributed by atoms with Crippen LogP contribution in [0.1, 0.15) is 34.6 Å². The van der Waals surface area contributed by atoms with E-state index in [0.717, 1.165) is 81.2 Å². The highest BCUT2D eigenvalue weighted by Gasteiger charge is 2.30. The fourth-order valence-corrected chi connectivity index (χ4v) is 8.01. The van der Waals surface area contributed by atoms with Crippen molar-refractivity contribution in [3.8, 4) is 22.5 Å². The van der Waals surface area contributed by atoms with E-state index >= 15 is 0 Å². The van der Waals surface area contributed by atoms with E-state index in [2.05, 4.69) is 77.5 Å². The Labute approximate surface area is 371 Å². The molecule has 0 radical (unpaired) electrons. The lowest BCUT2D eigenvalue weighted by Gasteiger charge is -2.40. The van der Waals surface area contributed by atoms with Crippen molar-refractivity contribution in [2.75, 3.05) is 49.1 Å². The number of amides is 1. The van der Waals surface area contributed by atoms with Gasteiger partial charge in [-0.2, -0.15) is 0 Å². The Morgan fingerprint density at radius 3 is 1.49 bits per heavy atom. The second-order valence-corrected chi connectivity index (χ2v) is 15.7. The maximum atomic E-state index is 12.9. The number of anilines is 2. The molecule has 8 aromatic rings. The maximum Gasteiger partial charge on any atom is 0.254 e. The van der Waals surface area contributed by atoms with E-state index in [-0.39, 0.29) is 11.9 Å². The summed E-state index contributed by atoms with van der Waals surface area (Å²) in [5.74, 6) is 1.73. The molecule has 12 nitrogen and oxygen atoms in total. The molecule has 2 saturated heterocycles. The minimum absolute atomic E-state index is 0.0517. The molecule has 2 aliphatic heterocycles. The Kier molecular flexibility index (Phi) is 13.6. The first-order valence-electron chi connectivity index (χ1n) is 21.0. The predicted molar refractivity (Wildman–Crippen MR) is 251 cm³/mol. The smallest absolute Gasteiger partial charge is 0.254 e. The number of nitrogens with one attached hydrogen (secondary N) is 1. The van der Waals surface area contributed by atoms with Crippen LogP contribution in [0.3, 0.4) is 0 Å². The summed E-state index contributed by atoms with van der Waals surface area (Å²) in [5, 5.41) is 23.3. The van der Waals surface area contributed by atoms with Crippen LogP contribution in [0, 0.1) is 0 Å². The summed E-state index contributed by atoms with van der Waals surface area (Å²) >= 11 is 5.16. The van der Waals surface area contributed by atoms with Crippen molar-refractivity contribution in [3.63, 3.8) is 0 Å². The summed E-state index contributed by atoms with van der Waals surface area (Å²) < 4.78 is 0. The second-order valence-electron chi connectivity index (χ2n) is 15.4. The van der Waals surface area contributed by atoms with Gasteiger partial charge in [-0.25, -0.2) is 0 Å². The lowest BCUT2D eigenvalue weighted by atomic mass is 10.1. The average molecular weight is 855 g/mol. The highest BCUT2D eigenvalue weighted by Crippen LogP contribution is 2.32. The molecule has 0 saturated carbocycles. The molecular formula is C50H47ClN10O2. The molecule has 13 heteroatoms. The van der Waals surface area contributed by atoms with Crippen molar-refractivity contribution in [2.24, 2.45) is 0 Å². The lowest BCUT2D eigenvalue weighted by molar-refractivity contribution is 0.0673. The lowest BCUT2D eigenvalue weighted by Crippen LogP contribution is -2.54. The number of hydrogen-bond donors (Lipinski definition) is 1. The number of aromatic nitrogens is 6. The van der Waals surface area contributed by atoms with Gasteiger partial charge in [0.25, 0.3) is 11.1 Å². The van der Waals surface area contributed by atoms with E-state index in [9.17, 15) is 9.59 Å². The van der Waals surface area contributed by atoms with Crippen molar-refractivity contribution in [1.29, 1.82) is 0 Å². The van der Waals surface area contributed by atoms with Gasteiger partial charge in [0.2, 0.25) is 0 Å². The highest BCUT2D eigenvalue weighted by molar-refractivity contribution is 6.67. The fraction of sp³-hybridized carbons (Fsp3) is 0.200. The van der Waals surface area contributed by atoms with Crippen molar-refractivity contribution < 1.29 is 9.59 Å². The Hall–Kier alpha value is -7.15. The van der Waals surface area contributed by atoms with Crippen molar-refractivity contribution in [3.05, 3.63) is 169 Å². The maximum absolute atomic E-state index is 12.9. The third kappa shape index (κ3) is 9.99. The number of rotatable bonds is 6. The van der Waals surface area contributed by atoms with Gasteiger partial charge in [-0.1, -0.05) is 109 Å². The minimum atomic E-state index is -0.407. The molecule has 2 aliphatic rings. The van der Waals surface area contributed by atoms with E-state index < -0.39 is 5.24 Å². The van der Waals surface area contributed by atoms with E-state index in [1.807, 2.05) is 114 Å². The third-order valence-corrected chi connectivity index (χ3v) is 11.2. The van der Waals surface area contributed by atoms with Crippen LogP contribution in [-0.2, 0) is 0 Å². The van der Waals surface area contributed by atoms with Gasteiger partial charge >= 0.3 is 0 Å². The first-order valence-corrected chi connectivity index (χ1v) is 21.4. The molecule has 0 spiro atoms. The molecule has 0 bridgehead atoms. The number of carbonyl (C=O) groups excluding carboxylic acids is 2. The molecule has 2 atom stereocenters. The van der Waals surface area contributed by atoms with Crippen LogP contribution >= 0.6 is 11.6 Å². The Morgan fingerprint density at radius 1 is 0.556 bits per heavy atom. The molecule has 1 N–H and O–H groups in total. The average Bonchev–Trinajstić information content (AvgIpc) is 3.34. The van der Waals surface area contributed by atoms with Crippen molar-refractivity contribution >= 4 is 56.2 Å². The first-order chi connectivity index (χ1) is 30.9. The monoisotopic (exact) mass is 854 g/mol. The Morgan fingerprint density at radius 2 is 1.03 bits per heavy atom. The van der Waals surface area contributed by atoms with Crippen LogP contribution < -0.4 is 15.1 Å². The van der Waals surface area contributed by atoms with E-state index in [1.165, 1.54) is 0 Å². The fourth-order valence-electron chi connectivity index (χ4n) is 7.88. The van der Waals surface area contributed by atoms with Gasteiger partial charge in [0, 0.05) is 96.8 Å². The summed E-state index contributed by atoms with van der Waals surface area (Å²) in [6.45, 7) is 9.07. The molecule has 6 heterocycles. The quantitative estimate of drug-likeness (QED) is 0.161. The summed E-state index contributed by atoms with van der Waals surface area (Å²) in [6.07, 6.45) is 3.62. The summed E-state index contributed by atoms with van der Waals surface area (Å²) in [4.78, 5) is 39.0. The zero-order valence-corrected chi connectivity index (χ0v) is 35.9.